The molecule has 2 unspecified atom stereocenters. The molecule has 2 fully saturated rings. The maximum Gasteiger partial charge on any atom is 0.416 e. The largest absolute Gasteiger partial charge is 0.416 e. The van der Waals surface area contributed by atoms with Gasteiger partial charge >= 0.3 is 12.4 Å². The Balaban J connectivity index is 1.68. The number of rotatable bonds is 4. The van der Waals surface area contributed by atoms with Gasteiger partial charge in [0.2, 0.25) is 0 Å². The molecule has 1 amide bonds. The third kappa shape index (κ3) is 6.14. The number of aryl methyl sites for hydroxylation is 1. The lowest BCUT2D eigenvalue weighted by Crippen LogP contribution is -2.54. The zero-order valence-electron chi connectivity index (χ0n) is 21.1. The van der Waals surface area contributed by atoms with Crippen LogP contribution < -0.4 is 5.32 Å². The highest BCUT2D eigenvalue weighted by atomic mass is 19.4. The molecular weight excluding hydrogens is 515 g/mol. The van der Waals surface area contributed by atoms with Gasteiger partial charge in [0.05, 0.1) is 11.1 Å². The molecule has 11 heteroatoms. The van der Waals surface area contributed by atoms with Crippen molar-refractivity contribution >= 4 is 5.91 Å². The van der Waals surface area contributed by atoms with Gasteiger partial charge in [-0.25, -0.2) is 4.39 Å². The van der Waals surface area contributed by atoms with Crippen molar-refractivity contribution < 1.29 is 35.5 Å². The molecule has 1 N–H and O–H groups in total. The molecule has 2 aromatic carbocycles. The van der Waals surface area contributed by atoms with E-state index in [1.54, 1.807) is 13.0 Å². The van der Waals surface area contributed by atoms with E-state index in [0.29, 0.717) is 43.2 Å². The van der Waals surface area contributed by atoms with Crippen LogP contribution in [-0.4, -0.2) is 61.0 Å². The molecule has 2 saturated heterocycles. The van der Waals surface area contributed by atoms with Crippen molar-refractivity contribution in [3.05, 3.63) is 70.0 Å². The number of likely N-dealkylation sites (tertiary alicyclic amines) is 1. The summed E-state index contributed by atoms with van der Waals surface area (Å²) in [6.45, 7) is 4.67. The normalized spacial score (nSPS) is 21.9. The molecule has 0 saturated carbocycles. The molecule has 0 spiro atoms. The summed E-state index contributed by atoms with van der Waals surface area (Å²) in [4.78, 5) is 17.0. The van der Waals surface area contributed by atoms with Gasteiger partial charge in [0.1, 0.15) is 5.82 Å². The summed E-state index contributed by atoms with van der Waals surface area (Å²) in [7, 11) is 1.41. The standard InChI is InChI=1S/C27H30F7N3O/c1-16-11-20(28)3-4-22(16)23-15-37(21-5-8-35-9-6-21)10-7-24(23)36(2)25(38)17-12-18(26(29,30)31)14-19(13-17)27(32,33)34/h3-4,11-14,21,23-24,35H,5-10,15H2,1-2H3. The minimum atomic E-state index is -5.05. The fourth-order valence-corrected chi connectivity index (χ4v) is 5.73. The highest BCUT2D eigenvalue weighted by Gasteiger charge is 2.41. The summed E-state index contributed by atoms with van der Waals surface area (Å²) >= 11 is 0. The minimum absolute atomic E-state index is 0.0129. The number of nitrogens with one attached hydrogen (secondary N) is 1. The van der Waals surface area contributed by atoms with Crippen molar-refractivity contribution in [2.75, 3.05) is 33.2 Å². The second-order valence-corrected chi connectivity index (χ2v) is 10.2. The van der Waals surface area contributed by atoms with E-state index in [9.17, 15) is 35.5 Å². The van der Waals surface area contributed by atoms with Crippen LogP contribution in [-0.2, 0) is 12.4 Å². The lowest BCUT2D eigenvalue weighted by molar-refractivity contribution is -0.143. The van der Waals surface area contributed by atoms with Gasteiger partial charge in [-0.2, -0.15) is 26.3 Å². The van der Waals surface area contributed by atoms with E-state index in [2.05, 4.69) is 10.2 Å². The number of nitrogens with zero attached hydrogens (tertiary/aromatic N) is 2. The van der Waals surface area contributed by atoms with E-state index in [-0.39, 0.29) is 12.0 Å². The smallest absolute Gasteiger partial charge is 0.338 e. The van der Waals surface area contributed by atoms with Crippen molar-refractivity contribution in [1.29, 1.82) is 0 Å². The maximum absolute atomic E-state index is 13.9. The monoisotopic (exact) mass is 545 g/mol. The number of benzene rings is 2. The zero-order chi connectivity index (χ0) is 27.8. The molecule has 0 aromatic heterocycles. The number of carbonyl (C=O) groups excluding carboxylic acids is 1. The topological polar surface area (TPSA) is 35.6 Å². The van der Waals surface area contributed by atoms with Crippen LogP contribution in [0.3, 0.4) is 0 Å². The van der Waals surface area contributed by atoms with E-state index in [4.69, 9.17) is 0 Å². The maximum atomic E-state index is 13.9. The van der Waals surface area contributed by atoms with Crippen molar-refractivity contribution in [3.8, 4) is 0 Å². The Kier molecular flexibility index (Phi) is 8.09. The average Bonchev–Trinajstić information content (AvgIpc) is 2.87. The summed E-state index contributed by atoms with van der Waals surface area (Å²) in [5.41, 5.74) is -2.27. The first-order chi connectivity index (χ1) is 17.8. The van der Waals surface area contributed by atoms with Gasteiger partial charge in [0.15, 0.2) is 0 Å². The highest BCUT2D eigenvalue weighted by Crippen LogP contribution is 2.38. The van der Waals surface area contributed by atoms with Crippen molar-refractivity contribution in [3.63, 3.8) is 0 Å². The Bertz CT molecular complexity index is 1130. The number of hydrogen-bond donors (Lipinski definition) is 1. The predicted octanol–water partition coefficient (Wildman–Crippen LogP) is 5.85. The summed E-state index contributed by atoms with van der Waals surface area (Å²) < 4.78 is 94.3. The third-order valence-electron chi connectivity index (χ3n) is 7.72. The van der Waals surface area contributed by atoms with Gasteiger partial charge < -0.3 is 10.2 Å². The number of hydrogen-bond acceptors (Lipinski definition) is 3. The third-order valence-corrected chi connectivity index (χ3v) is 7.72. The highest BCUT2D eigenvalue weighted by molar-refractivity contribution is 5.95. The molecule has 0 radical (unpaired) electrons. The number of likely N-dealkylation sites (N-methyl/N-ethyl adjacent to an activating group) is 1. The van der Waals surface area contributed by atoms with Gasteiger partial charge in [0, 0.05) is 43.7 Å². The zero-order valence-corrected chi connectivity index (χ0v) is 21.1. The Hall–Kier alpha value is -2.66. The fraction of sp³-hybridized carbons (Fsp3) is 0.519. The van der Waals surface area contributed by atoms with Crippen molar-refractivity contribution in [1.82, 2.24) is 15.1 Å². The van der Waals surface area contributed by atoms with Crippen LogP contribution in [0.1, 0.15) is 57.8 Å². The number of alkyl halides is 6. The van der Waals surface area contributed by atoms with Crippen molar-refractivity contribution in [2.45, 2.75) is 56.5 Å². The molecular formula is C27H30F7N3O. The SMILES string of the molecule is Cc1cc(F)ccc1C1CN(C2CCNCC2)CCC1N(C)C(=O)c1cc(C(F)(F)F)cc(C(F)(F)F)c1. The summed E-state index contributed by atoms with van der Waals surface area (Å²) in [5.74, 6) is -1.64. The molecule has 2 aromatic rings. The van der Waals surface area contributed by atoms with Crippen LogP contribution in [0.15, 0.2) is 36.4 Å². The summed E-state index contributed by atoms with van der Waals surface area (Å²) in [6, 6.07) is 5.13. The molecule has 2 heterocycles. The van der Waals surface area contributed by atoms with Crippen LogP contribution >= 0.6 is 0 Å². The van der Waals surface area contributed by atoms with Crippen molar-refractivity contribution in [2.24, 2.45) is 0 Å². The first-order valence-corrected chi connectivity index (χ1v) is 12.5. The molecule has 4 rings (SSSR count). The summed E-state index contributed by atoms with van der Waals surface area (Å²) in [6.07, 6.45) is -7.75. The average molecular weight is 546 g/mol. The van der Waals surface area contributed by atoms with Crippen LogP contribution in [0, 0.1) is 12.7 Å². The van der Waals surface area contributed by atoms with Gasteiger partial charge in [-0.05, 0) is 80.7 Å². The quantitative estimate of drug-likeness (QED) is 0.490. The van der Waals surface area contributed by atoms with Gasteiger partial charge in [0.25, 0.3) is 5.91 Å². The lowest BCUT2D eigenvalue weighted by atomic mass is 9.81. The van der Waals surface area contributed by atoms with E-state index in [1.165, 1.54) is 24.1 Å². The number of halogens is 7. The van der Waals surface area contributed by atoms with Crippen LogP contribution in [0.25, 0.3) is 0 Å². The molecule has 0 bridgehead atoms. The van der Waals surface area contributed by atoms with E-state index < -0.39 is 46.8 Å². The number of piperidine rings is 2. The van der Waals surface area contributed by atoms with Gasteiger partial charge in [-0.3, -0.25) is 9.69 Å². The Morgan fingerprint density at radius 3 is 2.11 bits per heavy atom. The minimum Gasteiger partial charge on any atom is -0.338 e. The van der Waals surface area contributed by atoms with Crippen LogP contribution in [0.4, 0.5) is 30.7 Å². The fourth-order valence-electron chi connectivity index (χ4n) is 5.73. The van der Waals surface area contributed by atoms with E-state index in [0.717, 1.165) is 31.5 Å². The molecule has 4 nitrogen and oxygen atoms in total. The lowest BCUT2D eigenvalue weighted by Gasteiger charge is -2.46. The molecule has 2 aliphatic heterocycles. The predicted molar refractivity (Wildman–Crippen MR) is 128 cm³/mol. The second-order valence-electron chi connectivity index (χ2n) is 10.2. The molecule has 0 aliphatic carbocycles. The van der Waals surface area contributed by atoms with Gasteiger partial charge in [-0.15, -0.1) is 0 Å². The van der Waals surface area contributed by atoms with Crippen LogP contribution in [0.5, 0.6) is 0 Å². The molecule has 208 valence electrons. The molecule has 2 atom stereocenters. The first-order valence-electron chi connectivity index (χ1n) is 12.5. The second kappa shape index (κ2) is 10.8. The molecule has 2 aliphatic rings. The van der Waals surface area contributed by atoms with Gasteiger partial charge in [-0.1, -0.05) is 6.07 Å². The Morgan fingerprint density at radius 1 is 0.947 bits per heavy atom. The van der Waals surface area contributed by atoms with E-state index in [1.807, 2.05) is 0 Å². The molecule has 38 heavy (non-hydrogen) atoms. The van der Waals surface area contributed by atoms with E-state index >= 15 is 0 Å². The van der Waals surface area contributed by atoms with Crippen LogP contribution in [0.2, 0.25) is 0 Å². The number of amides is 1. The Morgan fingerprint density at radius 2 is 1.55 bits per heavy atom. The number of carbonyl (C=O) groups is 1. The first kappa shape index (κ1) is 28.4. The Labute approximate surface area is 216 Å². The summed E-state index contributed by atoms with van der Waals surface area (Å²) in [5, 5.41) is 3.32.